The molecule has 0 saturated heterocycles. The van der Waals surface area contributed by atoms with Crippen molar-refractivity contribution in [2.45, 2.75) is 11.4 Å². The lowest BCUT2D eigenvalue weighted by atomic mass is 10.3. The molecule has 21 heavy (non-hydrogen) atoms. The highest BCUT2D eigenvalue weighted by molar-refractivity contribution is 7.99. The predicted molar refractivity (Wildman–Crippen MR) is 84.2 cm³/mol. The molecule has 0 radical (unpaired) electrons. The van der Waals surface area contributed by atoms with E-state index in [1.165, 1.54) is 0 Å². The molecule has 1 aromatic heterocycles. The minimum Gasteiger partial charge on any atom is -0.497 e. The van der Waals surface area contributed by atoms with E-state index >= 15 is 0 Å². The number of methoxy groups -OCH3 is 1. The van der Waals surface area contributed by atoms with E-state index in [9.17, 15) is 4.79 Å². The molecule has 0 fully saturated rings. The fourth-order valence-corrected chi connectivity index (χ4v) is 2.99. The van der Waals surface area contributed by atoms with Crippen molar-refractivity contribution in [2.75, 3.05) is 12.9 Å². The monoisotopic (exact) mass is 301 g/mol. The number of hydrogen-bond acceptors (Lipinski definition) is 4. The number of thioether (sulfide) groups is 1. The zero-order valence-corrected chi connectivity index (χ0v) is 12.4. The first-order valence-corrected chi connectivity index (χ1v) is 7.62. The molecule has 5 heteroatoms. The molecule has 3 aromatic rings. The molecule has 0 aliphatic carbocycles. The van der Waals surface area contributed by atoms with Crippen LogP contribution >= 0.6 is 11.8 Å². The summed E-state index contributed by atoms with van der Waals surface area (Å²) in [5, 5.41) is 0. The summed E-state index contributed by atoms with van der Waals surface area (Å²) >= 11 is 1.70. The summed E-state index contributed by atoms with van der Waals surface area (Å²) in [6, 6.07) is 15.4. The second-order valence-corrected chi connectivity index (χ2v) is 5.68. The summed E-state index contributed by atoms with van der Waals surface area (Å²) in [6.07, 6.45) is 0. The first-order valence-electron chi connectivity index (χ1n) is 6.63. The smallest absolute Gasteiger partial charge is 0.419 e. The Morgan fingerprint density at radius 2 is 1.90 bits per heavy atom. The predicted octanol–water partition coefficient (Wildman–Crippen LogP) is 3.40. The van der Waals surface area contributed by atoms with Crippen LogP contribution in [0.2, 0.25) is 0 Å². The van der Waals surface area contributed by atoms with Gasteiger partial charge in [0.1, 0.15) is 5.75 Å². The van der Waals surface area contributed by atoms with Crippen molar-refractivity contribution in [3.05, 3.63) is 59.1 Å². The Bertz CT molecular complexity index is 789. The molecule has 1 heterocycles. The average molecular weight is 301 g/mol. The maximum Gasteiger partial charge on any atom is 0.419 e. The van der Waals surface area contributed by atoms with E-state index < -0.39 is 0 Å². The summed E-state index contributed by atoms with van der Waals surface area (Å²) in [7, 11) is 1.65. The molecule has 4 nitrogen and oxygen atoms in total. The quantitative estimate of drug-likeness (QED) is 0.678. The van der Waals surface area contributed by atoms with Crippen molar-refractivity contribution in [3.8, 4) is 5.75 Å². The molecule has 3 rings (SSSR count). The van der Waals surface area contributed by atoms with Gasteiger partial charge in [0, 0.05) is 17.2 Å². The van der Waals surface area contributed by atoms with Gasteiger partial charge in [0.25, 0.3) is 0 Å². The van der Waals surface area contributed by atoms with Crippen LogP contribution in [0.15, 0.2) is 62.6 Å². The van der Waals surface area contributed by atoms with Gasteiger partial charge >= 0.3 is 5.76 Å². The summed E-state index contributed by atoms with van der Waals surface area (Å²) < 4.78 is 12.0. The highest BCUT2D eigenvalue weighted by Gasteiger charge is 2.07. The molecular weight excluding hydrogens is 286 g/mol. The van der Waals surface area contributed by atoms with Crippen molar-refractivity contribution in [1.29, 1.82) is 0 Å². The van der Waals surface area contributed by atoms with E-state index in [0.29, 0.717) is 12.1 Å². The Kier molecular flexibility index (Phi) is 4.01. The van der Waals surface area contributed by atoms with E-state index in [-0.39, 0.29) is 5.76 Å². The molecule has 0 saturated carbocycles. The Morgan fingerprint density at radius 3 is 2.67 bits per heavy atom. The molecular formula is C16H15NO3S. The van der Waals surface area contributed by atoms with Crippen molar-refractivity contribution in [3.63, 3.8) is 0 Å². The van der Waals surface area contributed by atoms with Crippen molar-refractivity contribution < 1.29 is 9.15 Å². The number of ether oxygens (including phenoxy) is 1. The maximum absolute atomic E-state index is 11.8. The van der Waals surface area contributed by atoms with Crippen LogP contribution in [0.1, 0.15) is 0 Å². The van der Waals surface area contributed by atoms with Gasteiger partial charge in [-0.3, -0.25) is 4.57 Å². The van der Waals surface area contributed by atoms with Gasteiger partial charge in [-0.05, 0) is 36.4 Å². The number of aryl methyl sites for hydroxylation is 1. The average Bonchev–Trinajstić information content (AvgIpc) is 2.84. The van der Waals surface area contributed by atoms with Crippen LogP contribution in [-0.2, 0) is 6.54 Å². The molecule has 0 N–H and O–H groups in total. The largest absolute Gasteiger partial charge is 0.497 e. The SMILES string of the molecule is COc1ccc(SCCn2c(=O)oc3ccccc32)cc1. The van der Waals surface area contributed by atoms with E-state index in [2.05, 4.69) is 0 Å². The second kappa shape index (κ2) is 6.10. The third-order valence-electron chi connectivity index (χ3n) is 3.22. The summed E-state index contributed by atoms with van der Waals surface area (Å²) in [5.74, 6) is 1.35. The number of rotatable bonds is 5. The van der Waals surface area contributed by atoms with Gasteiger partial charge in [-0.1, -0.05) is 12.1 Å². The lowest BCUT2D eigenvalue weighted by Gasteiger charge is -2.04. The van der Waals surface area contributed by atoms with E-state index in [4.69, 9.17) is 9.15 Å². The second-order valence-electron chi connectivity index (χ2n) is 4.51. The fourth-order valence-electron chi connectivity index (χ4n) is 2.15. The highest BCUT2D eigenvalue weighted by atomic mass is 32.2. The van der Waals surface area contributed by atoms with E-state index in [1.807, 2.05) is 48.5 Å². The molecule has 0 amide bonds. The highest BCUT2D eigenvalue weighted by Crippen LogP contribution is 2.22. The number of benzene rings is 2. The Balaban J connectivity index is 1.69. The number of aromatic nitrogens is 1. The van der Waals surface area contributed by atoms with Gasteiger partial charge in [0.05, 0.1) is 12.6 Å². The van der Waals surface area contributed by atoms with Crippen molar-refractivity contribution in [2.24, 2.45) is 0 Å². The van der Waals surface area contributed by atoms with Gasteiger partial charge in [-0.25, -0.2) is 4.79 Å². The van der Waals surface area contributed by atoms with Crippen LogP contribution in [0.3, 0.4) is 0 Å². The number of para-hydroxylation sites is 2. The number of hydrogen-bond donors (Lipinski definition) is 0. The minimum atomic E-state index is -0.300. The lowest BCUT2D eigenvalue weighted by molar-refractivity contribution is 0.414. The number of nitrogens with zero attached hydrogens (tertiary/aromatic N) is 1. The number of oxazole rings is 1. The molecule has 2 aromatic carbocycles. The molecule has 0 atom stereocenters. The van der Waals surface area contributed by atoms with Crippen LogP contribution in [0, 0.1) is 0 Å². The third-order valence-corrected chi connectivity index (χ3v) is 4.21. The Labute approximate surface area is 126 Å². The van der Waals surface area contributed by atoms with Crippen molar-refractivity contribution >= 4 is 22.9 Å². The Hall–Kier alpha value is -2.14. The van der Waals surface area contributed by atoms with Crippen LogP contribution in [0.25, 0.3) is 11.1 Å². The summed E-state index contributed by atoms with van der Waals surface area (Å²) in [6.45, 7) is 0.618. The summed E-state index contributed by atoms with van der Waals surface area (Å²) in [4.78, 5) is 13.0. The topological polar surface area (TPSA) is 44.4 Å². The molecule has 0 spiro atoms. The molecule has 0 bridgehead atoms. The molecule has 0 unspecified atom stereocenters. The Morgan fingerprint density at radius 1 is 1.14 bits per heavy atom. The van der Waals surface area contributed by atoms with Crippen LogP contribution < -0.4 is 10.5 Å². The van der Waals surface area contributed by atoms with Gasteiger partial charge in [-0.15, -0.1) is 11.8 Å². The van der Waals surface area contributed by atoms with E-state index in [1.54, 1.807) is 23.4 Å². The van der Waals surface area contributed by atoms with Gasteiger partial charge in [0.2, 0.25) is 0 Å². The molecule has 0 aliphatic rings. The number of fused-ring (bicyclic) bond motifs is 1. The zero-order chi connectivity index (χ0) is 14.7. The summed E-state index contributed by atoms with van der Waals surface area (Å²) in [5.41, 5.74) is 1.48. The fraction of sp³-hybridized carbons (Fsp3) is 0.188. The third kappa shape index (κ3) is 2.97. The maximum atomic E-state index is 11.8. The van der Waals surface area contributed by atoms with Gasteiger partial charge in [0.15, 0.2) is 5.58 Å². The van der Waals surface area contributed by atoms with Crippen LogP contribution in [0.5, 0.6) is 5.75 Å². The lowest BCUT2D eigenvalue weighted by Crippen LogP contribution is -2.15. The standard InChI is InChI=1S/C16H15NO3S/c1-19-12-6-8-13(9-7-12)21-11-10-17-14-4-2-3-5-15(14)20-16(17)18/h2-9H,10-11H2,1H3. The van der Waals surface area contributed by atoms with Crippen molar-refractivity contribution in [1.82, 2.24) is 4.57 Å². The van der Waals surface area contributed by atoms with Crippen LogP contribution in [0.4, 0.5) is 0 Å². The normalized spacial score (nSPS) is 10.9. The zero-order valence-electron chi connectivity index (χ0n) is 11.6. The first-order chi connectivity index (χ1) is 10.3. The first kappa shape index (κ1) is 13.8. The molecule has 0 aliphatic heterocycles. The van der Waals surface area contributed by atoms with Crippen LogP contribution in [-0.4, -0.2) is 17.4 Å². The minimum absolute atomic E-state index is 0.300. The van der Waals surface area contributed by atoms with Gasteiger partial charge < -0.3 is 9.15 Å². The van der Waals surface area contributed by atoms with Gasteiger partial charge in [-0.2, -0.15) is 0 Å². The molecule has 108 valence electrons. The van der Waals surface area contributed by atoms with E-state index in [0.717, 1.165) is 21.9 Å².